The summed E-state index contributed by atoms with van der Waals surface area (Å²) < 4.78 is 5.22. The van der Waals surface area contributed by atoms with Gasteiger partial charge in [0.2, 0.25) is 5.91 Å². The molecule has 0 bridgehead atoms. The third-order valence-electron chi connectivity index (χ3n) is 3.03. The van der Waals surface area contributed by atoms with Gasteiger partial charge in [0, 0.05) is 13.1 Å². The first-order valence-corrected chi connectivity index (χ1v) is 5.87. The molecule has 1 amide bonds. The van der Waals surface area contributed by atoms with E-state index in [1.807, 2.05) is 31.2 Å². The van der Waals surface area contributed by atoms with Crippen LogP contribution in [0.5, 0.6) is 0 Å². The Bertz CT molecular complexity index is 383. The maximum atomic E-state index is 12.1. The third-order valence-corrected chi connectivity index (χ3v) is 3.03. The zero-order valence-electron chi connectivity index (χ0n) is 10.1. The first-order valence-electron chi connectivity index (χ1n) is 5.87. The standard InChI is InChI=1S/C13H18N2O2/c1-10-2-4-11(5-3-10)12(14)13(16)15-6-8-17-9-7-15/h2-5,12H,6-9,14H2,1H3. The van der Waals surface area contributed by atoms with Gasteiger partial charge in [-0.15, -0.1) is 0 Å². The van der Waals surface area contributed by atoms with Gasteiger partial charge in [0.25, 0.3) is 0 Å². The molecule has 92 valence electrons. The number of benzene rings is 1. The van der Waals surface area contributed by atoms with E-state index in [0.717, 1.165) is 5.56 Å². The van der Waals surface area contributed by atoms with E-state index in [9.17, 15) is 4.79 Å². The van der Waals surface area contributed by atoms with Crippen LogP contribution < -0.4 is 5.73 Å². The number of rotatable bonds is 2. The molecular formula is C13H18N2O2. The molecule has 0 saturated carbocycles. The van der Waals surface area contributed by atoms with Gasteiger partial charge in [0.1, 0.15) is 6.04 Å². The molecule has 0 radical (unpaired) electrons. The van der Waals surface area contributed by atoms with Crippen molar-refractivity contribution in [1.82, 2.24) is 4.90 Å². The normalized spacial score (nSPS) is 17.9. The fourth-order valence-electron chi connectivity index (χ4n) is 1.90. The Kier molecular flexibility index (Phi) is 3.76. The van der Waals surface area contributed by atoms with E-state index in [-0.39, 0.29) is 5.91 Å². The number of carbonyl (C=O) groups is 1. The SMILES string of the molecule is Cc1ccc(C(N)C(=O)N2CCOCC2)cc1. The molecule has 0 spiro atoms. The van der Waals surface area contributed by atoms with Gasteiger partial charge in [0.15, 0.2) is 0 Å². The number of morpholine rings is 1. The highest BCUT2D eigenvalue weighted by atomic mass is 16.5. The minimum Gasteiger partial charge on any atom is -0.378 e. The van der Waals surface area contributed by atoms with Crippen molar-refractivity contribution in [2.24, 2.45) is 5.73 Å². The lowest BCUT2D eigenvalue weighted by atomic mass is 10.0. The summed E-state index contributed by atoms with van der Waals surface area (Å²) in [5.74, 6) is -0.0165. The third kappa shape index (κ3) is 2.84. The highest BCUT2D eigenvalue weighted by Crippen LogP contribution is 2.15. The van der Waals surface area contributed by atoms with Crippen LogP contribution in [0.25, 0.3) is 0 Å². The molecule has 1 heterocycles. The summed E-state index contributed by atoms with van der Waals surface area (Å²) in [7, 11) is 0. The van der Waals surface area contributed by atoms with Crippen molar-refractivity contribution in [3.63, 3.8) is 0 Å². The van der Waals surface area contributed by atoms with Gasteiger partial charge in [-0.25, -0.2) is 0 Å². The summed E-state index contributed by atoms with van der Waals surface area (Å²) in [5.41, 5.74) is 8.02. The van der Waals surface area contributed by atoms with E-state index >= 15 is 0 Å². The lowest BCUT2D eigenvalue weighted by Crippen LogP contribution is -2.45. The number of amides is 1. The largest absolute Gasteiger partial charge is 0.378 e. The number of ether oxygens (including phenoxy) is 1. The molecular weight excluding hydrogens is 216 g/mol. The summed E-state index contributed by atoms with van der Waals surface area (Å²) >= 11 is 0. The Balaban J connectivity index is 2.05. The number of hydrogen-bond acceptors (Lipinski definition) is 3. The first-order chi connectivity index (χ1) is 8.18. The van der Waals surface area contributed by atoms with Crippen LogP contribution in [0, 0.1) is 6.92 Å². The molecule has 1 fully saturated rings. The number of hydrogen-bond donors (Lipinski definition) is 1. The van der Waals surface area contributed by atoms with Crippen LogP contribution in [-0.2, 0) is 9.53 Å². The van der Waals surface area contributed by atoms with Gasteiger partial charge in [-0.1, -0.05) is 29.8 Å². The van der Waals surface area contributed by atoms with E-state index in [1.165, 1.54) is 5.56 Å². The number of aryl methyl sites for hydroxylation is 1. The fourth-order valence-corrected chi connectivity index (χ4v) is 1.90. The van der Waals surface area contributed by atoms with Crippen molar-refractivity contribution in [2.45, 2.75) is 13.0 Å². The summed E-state index contributed by atoms with van der Waals surface area (Å²) in [5, 5.41) is 0. The van der Waals surface area contributed by atoms with Gasteiger partial charge in [0.05, 0.1) is 13.2 Å². The Morgan fingerprint density at radius 2 is 1.88 bits per heavy atom. The van der Waals surface area contributed by atoms with Crippen LogP contribution in [0.4, 0.5) is 0 Å². The van der Waals surface area contributed by atoms with Gasteiger partial charge in [-0.2, -0.15) is 0 Å². The van der Waals surface area contributed by atoms with E-state index in [1.54, 1.807) is 4.90 Å². The van der Waals surface area contributed by atoms with Crippen molar-refractivity contribution in [2.75, 3.05) is 26.3 Å². The molecule has 1 unspecified atom stereocenters. The predicted octanol–water partition coefficient (Wildman–Crippen LogP) is 0.854. The van der Waals surface area contributed by atoms with Gasteiger partial charge < -0.3 is 15.4 Å². The lowest BCUT2D eigenvalue weighted by molar-refractivity contribution is -0.136. The predicted molar refractivity (Wildman–Crippen MR) is 65.5 cm³/mol. The number of nitrogens with two attached hydrogens (primary N) is 1. The zero-order valence-corrected chi connectivity index (χ0v) is 10.1. The smallest absolute Gasteiger partial charge is 0.244 e. The van der Waals surface area contributed by atoms with Crippen LogP contribution in [0.2, 0.25) is 0 Å². The number of carbonyl (C=O) groups excluding carboxylic acids is 1. The molecule has 1 saturated heterocycles. The topological polar surface area (TPSA) is 55.6 Å². The highest BCUT2D eigenvalue weighted by Gasteiger charge is 2.23. The molecule has 4 nitrogen and oxygen atoms in total. The molecule has 1 aliphatic heterocycles. The van der Waals surface area contributed by atoms with Gasteiger partial charge in [-0.3, -0.25) is 4.79 Å². The van der Waals surface area contributed by atoms with Crippen LogP contribution in [0.1, 0.15) is 17.2 Å². The Morgan fingerprint density at radius 1 is 1.29 bits per heavy atom. The minimum atomic E-state index is -0.561. The molecule has 1 aliphatic rings. The molecule has 2 N–H and O–H groups in total. The maximum Gasteiger partial charge on any atom is 0.244 e. The van der Waals surface area contributed by atoms with Crippen LogP contribution in [0.15, 0.2) is 24.3 Å². The van der Waals surface area contributed by atoms with Crippen molar-refractivity contribution >= 4 is 5.91 Å². The number of nitrogens with zero attached hydrogens (tertiary/aromatic N) is 1. The molecule has 1 aromatic rings. The summed E-state index contributed by atoms with van der Waals surface area (Å²) in [6, 6.07) is 7.22. The Labute approximate surface area is 101 Å². The average Bonchev–Trinajstić information content (AvgIpc) is 2.39. The Hall–Kier alpha value is -1.39. The van der Waals surface area contributed by atoms with Gasteiger partial charge in [-0.05, 0) is 12.5 Å². The van der Waals surface area contributed by atoms with Crippen LogP contribution in [-0.4, -0.2) is 37.1 Å². The highest BCUT2D eigenvalue weighted by molar-refractivity contribution is 5.83. The maximum absolute atomic E-state index is 12.1. The Morgan fingerprint density at radius 3 is 2.47 bits per heavy atom. The second-order valence-corrected chi connectivity index (χ2v) is 4.33. The van der Waals surface area contributed by atoms with E-state index in [2.05, 4.69) is 0 Å². The monoisotopic (exact) mass is 234 g/mol. The fraction of sp³-hybridized carbons (Fsp3) is 0.462. The average molecular weight is 234 g/mol. The molecule has 0 aromatic heterocycles. The summed E-state index contributed by atoms with van der Waals surface area (Å²) in [6.45, 7) is 4.49. The summed E-state index contributed by atoms with van der Waals surface area (Å²) in [4.78, 5) is 13.9. The summed E-state index contributed by atoms with van der Waals surface area (Å²) in [6.07, 6.45) is 0. The second kappa shape index (κ2) is 5.29. The molecule has 1 aromatic carbocycles. The quantitative estimate of drug-likeness (QED) is 0.825. The molecule has 4 heteroatoms. The van der Waals surface area contributed by atoms with E-state index in [0.29, 0.717) is 26.3 Å². The van der Waals surface area contributed by atoms with Crippen LogP contribution in [0.3, 0.4) is 0 Å². The molecule has 1 atom stereocenters. The minimum absolute atomic E-state index is 0.0165. The molecule has 17 heavy (non-hydrogen) atoms. The zero-order chi connectivity index (χ0) is 12.3. The first kappa shape index (κ1) is 12.1. The van der Waals surface area contributed by atoms with E-state index < -0.39 is 6.04 Å². The van der Waals surface area contributed by atoms with Gasteiger partial charge >= 0.3 is 0 Å². The van der Waals surface area contributed by atoms with Crippen molar-refractivity contribution in [3.8, 4) is 0 Å². The van der Waals surface area contributed by atoms with Crippen LogP contribution >= 0.6 is 0 Å². The lowest BCUT2D eigenvalue weighted by Gasteiger charge is -2.29. The molecule has 2 rings (SSSR count). The van der Waals surface area contributed by atoms with E-state index in [4.69, 9.17) is 10.5 Å². The van der Waals surface area contributed by atoms with Crippen molar-refractivity contribution < 1.29 is 9.53 Å². The van der Waals surface area contributed by atoms with Crippen molar-refractivity contribution in [3.05, 3.63) is 35.4 Å². The molecule has 0 aliphatic carbocycles. The second-order valence-electron chi connectivity index (χ2n) is 4.33. The van der Waals surface area contributed by atoms with Crippen molar-refractivity contribution in [1.29, 1.82) is 0 Å².